The standard InChI is InChI=1S/C17H22ClN3O2/c1-10-5-13(18)6-11(2)16(10)20-17(23)19-8-12-7-15(22)21(9-12)14-3-4-14/h5-6,12,14H,3-4,7-9H2,1-2H3,(H2,19,20,23). The largest absolute Gasteiger partial charge is 0.339 e. The number of halogens is 1. The Balaban J connectivity index is 1.51. The van der Waals surface area contributed by atoms with Crippen molar-refractivity contribution in [3.05, 3.63) is 28.3 Å². The molecule has 6 heteroatoms. The summed E-state index contributed by atoms with van der Waals surface area (Å²) in [6.45, 7) is 5.12. The maximum absolute atomic E-state index is 12.1. The summed E-state index contributed by atoms with van der Waals surface area (Å²) in [7, 11) is 0. The number of hydrogen-bond donors (Lipinski definition) is 2. The molecule has 0 aromatic heterocycles. The zero-order chi connectivity index (χ0) is 16.6. The lowest BCUT2D eigenvalue weighted by molar-refractivity contribution is -0.128. The molecule has 3 amide bonds. The van der Waals surface area contributed by atoms with Crippen molar-refractivity contribution in [3.63, 3.8) is 0 Å². The van der Waals surface area contributed by atoms with Gasteiger partial charge < -0.3 is 15.5 Å². The molecule has 124 valence electrons. The van der Waals surface area contributed by atoms with Crippen LogP contribution in [0, 0.1) is 19.8 Å². The lowest BCUT2D eigenvalue weighted by Gasteiger charge is -2.16. The Kier molecular flexibility index (Phi) is 4.48. The second-order valence-electron chi connectivity index (χ2n) is 6.60. The number of carbonyl (C=O) groups is 2. The summed E-state index contributed by atoms with van der Waals surface area (Å²) >= 11 is 6.00. The first-order chi connectivity index (χ1) is 10.9. The second-order valence-corrected chi connectivity index (χ2v) is 7.03. The number of nitrogens with zero attached hydrogens (tertiary/aromatic N) is 1. The minimum Gasteiger partial charge on any atom is -0.339 e. The molecule has 1 heterocycles. The van der Waals surface area contributed by atoms with Crippen LogP contribution in [-0.2, 0) is 4.79 Å². The van der Waals surface area contributed by atoms with Gasteiger partial charge in [-0.3, -0.25) is 4.79 Å². The van der Waals surface area contributed by atoms with Crippen molar-refractivity contribution in [2.45, 2.75) is 39.2 Å². The van der Waals surface area contributed by atoms with E-state index in [9.17, 15) is 9.59 Å². The van der Waals surface area contributed by atoms with Crippen LogP contribution in [0.15, 0.2) is 12.1 Å². The molecule has 2 fully saturated rings. The van der Waals surface area contributed by atoms with Gasteiger partial charge in [-0.2, -0.15) is 0 Å². The topological polar surface area (TPSA) is 61.4 Å². The summed E-state index contributed by atoms with van der Waals surface area (Å²) in [4.78, 5) is 26.0. The number of amides is 3. The van der Waals surface area contributed by atoms with E-state index >= 15 is 0 Å². The normalized spacial score (nSPS) is 20.7. The van der Waals surface area contributed by atoms with Crippen molar-refractivity contribution < 1.29 is 9.59 Å². The number of likely N-dealkylation sites (tertiary alicyclic amines) is 1. The minimum atomic E-state index is -0.240. The van der Waals surface area contributed by atoms with Crippen molar-refractivity contribution in [1.82, 2.24) is 10.2 Å². The average molecular weight is 336 g/mol. The van der Waals surface area contributed by atoms with Crippen molar-refractivity contribution in [2.75, 3.05) is 18.4 Å². The fourth-order valence-electron chi connectivity index (χ4n) is 3.19. The number of nitrogens with one attached hydrogen (secondary N) is 2. The van der Waals surface area contributed by atoms with Crippen molar-refractivity contribution >= 4 is 29.2 Å². The van der Waals surface area contributed by atoms with Gasteiger partial charge in [-0.25, -0.2) is 4.79 Å². The first kappa shape index (κ1) is 16.1. The van der Waals surface area contributed by atoms with E-state index in [1.165, 1.54) is 0 Å². The van der Waals surface area contributed by atoms with Crippen LogP contribution in [0.3, 0.4) is 0 Å². The number of benzene rings is 1. The molecule has 0 bridgehead atoms. The van der Waals surface area contributed by atoms with Gasteiger partial charge in [-0.15, -0.1) is 0 Å². The molecule has 2 aliphatic rings. The molecule has 1 unspecified atom stereocenters. The van der Waals surface area contributed by atoms with Crippen LogP contribution in [0.4, 0.5) is 10.5 Å². The van der Waals surface area contributed by atoms with Gasteiger partial charge >= 0.3 is 6.03 Å². The molecule has 1 atom stereocenters. The summed E-state index contributed by atoms with van der Waals surface area (Å²) in [5.41, 5.74) is 2.65. The number of rotatable bonds is 4. The predicted octanol–water partition coefficient (Wildman–Crippen LogP) is 3.09. The maximum Gasteiger partial charge on any atom is 0.319 e. The van der Waals surface area contributed by atoms with Gasteiger partial charge in [-0.1, -0.05) is 11.6 Å². The van der Waals surface area contributed by atoms with Crippen LogP contribution in [-0.4, -0.2) is 36.0 Å². The van der Waals surface area contributed by atoms with Gasteiger partial charge in [-0.05, 0) is 49.9 Å². The molecule has 1 aromatic rings. The average Bonchev–Trinajstić information content (AvgIpc) is 3.24. The third-order valence-corrected chi connectivity index (χ3v) is 4.73. The highest BCUT2D eigenvalue weighted by Gasteiger charge is 2.39. The predicted molar refractivity (Wildman–Crippen MR) is 90.8 cm³/mol. The van der Waals surface area contributed by atoms with E-state index < -0.39 is 0 Å². The van der Waals surface area contributed by atoms with E-state index in [-0.39, 0.29) is 17.9 Å². The molecule has 1 saturated heterocycles. The van der Waals surface area contributed by atoms with E-state index in [0.29, 0.717) is 24.0 Å². The molecule has 0 spiro atoms. The molecule has 2 N–H and O–H groups in total. The zero-order valence-electron chi connectivity index (χ0n) is 13.5. The molecule has 5 nitrogen and oxygen atoms in total. The molecule has 1 aliphatic carbocycles. The van der Waals surface area contributed by atoms with Gasteiger partial charge in [0.05, 0.1) is 0 Å². The number of hydrogen-bond acceptors (Lipinski definition) is 2. The Morgan fingerprint density at radius 1 is 1.30 bits per heavy atom. The Morgan fingerprint density at radius 3 is 2.57 bits per heavy atom. The summed E-state index contributed by atoms with van der Waals surface area (Å²) in [6.07, 6.45) is 2.79. The Morgan fingerprint density at radius 2 is 1.96 bits per heavy atom. The maximum atomic E-state index is 12.1. The third kappa shape index (κ3) is 3.78. The fraction of sp³-hybridized carbons (Fsp3) is 0.529. The molecular formula is C17H22ClN3O2. The lowest BCUT2D eigenvalue weighted by Crippen LogP contribution is -2.34. The summed E-state index contributed by atoms with van der Waals surface area (Å²) < 4.78 is 0. The van der Waals surface area contributed by atoms with Crippen molar-refractivity contribution in [2.24, 2.45) is 5.92 Å². The Bertz CT molecular complexity index is 620. The van der Waals surface area contributed by atoms with Crippen LogP contribution < -0.4 is 10.6 Å². The highest BCUT2D eigenvalue weighted by atomic mass is 35.5. The number of aryl methyl sites for hydroxylation is 2. The van der Waals surface area contributed by atoms with Gasteiger partial charge in [0.15, 0.2) is 0 Å². The molecule has 1 saturated carbocycles. The number of anilines is 1. The first-order valence-electron chi connectivity index (χ1n) is 8.05. The van der Waals surface area contributed by atoms with Gasteiger partial charge in [0.1, 0.15) is 0 Å². The SMILES string of the molecule is Cc1cc(Cl)cc(C)c1NC(=O)NCC1CC(=O)N(C2CC2)C1. The molecular weight excluding hydrogens is 314 g/mol. The second kappa shape index (κ2) is 6.40. The van der Waals surface area contributed by atoms with E-state index in [1.54, 1.807) is 0 Å². The van der Waals surface area contributed by atoms with Gasteiger partial charge in [0, 0.05) is 42.2 Å². The van der Waals surface area contributed by atoms with E-state index in [1.807, 2.05) is 30.9 Å². The molecule has 3 rings (SSSR count). The Labute approximate surface area is 141 Å². The van der Waals surface area contributed by atoms with Crippen molar-refractivity contribution in [3.8, 4) is 0 Å². The zero-order valence-corrected chi connectivity index (χ0v) is 14.2. The monoisotopic (exact) mass is 335 g/mol. The molecule has 1 aromatic carbocycles. The quantitative estimate of drug-likeness (QED) is 0.888. The molecule has 1 aliphatic heterocycles. The highest BCUT2D eigenvalue weighted by Crippen LogP contribution is 2.32. The van der Waals surface area contributed by atoms with Gasteiger partial charge in [0.25, 0.3) is 0 Å². The van der Waals surface area contributed by atoms with Gasteiger partial charge in [0.2, 0.25) is 5.91 Å². The number of carbonyl (C=O) groups excluding carboxylic acids is 2. The highest BCUT2D eigenvalue weighted by molar-refractivity contribution is 6.30. The summed E-state index contributed by atoms with van der Waals surface area (Å²) in [6, 6.07) is 3.87. The summed E-state index contributed by atoms with van der Waals surface area (Å²) in [5.74, 6) is 0.436. The first-order valence-corrected chi connectivity index (χ1v) is 8.43. The molecule has 0 radical (unpaired) electrons. The minimum absolute atomic E-state index is 0.210. The lowest BCUT2D eigenvalue weighted by atomic mass is 10.1. The van der Waals surface area contributed by atoms with E-state index in [2.05, 4.69) is 10.6 Å². The van der Waals surface area contributed by atoms with Crippen LogP contribution in [0.25, 0.3) is 0 Å². The molecule has 23 heavy (non-hydrogen) atoms. The summed E-state index contributed by atoms with van der Waals surface area (Å²) in [5, 5.41) is 6.42. The fourth-order valence-corrected chi connectivity index (χ4v) is 3.51. The van der Waals surface area contributed by atoms with Crippen LogP contribution in [0.2, 0.25) is 5.02 Å². The van der Waals surface area contributed by atoms with Crippen LogP contribution in [0.1, 0.15) is 30.4 Å². The number of urea groups is 1. The smallest absolute Gasteiger partial charge is 0.319 e. The van der Waals surface area contributed by atoms with E-state index in [0.717, 1.165) is 36.2 Å². The van der Waals surface area contributed by atoms with Crippen LogP contribution in [0.5, 0.6) is 0 Å². The third-order valence-electron chi connectivity index (χ3n) is 4.51. The van der Waals surface area contributed by atoms with E-state index in [4.69, 9.17) is 11.6 Å². The Hall–Kier alpha value is -1.75. The van der Waals surface area contributed by atoms with Crippen LogP contribution >= 0.6 is 11.6 Å². The van der Waals surface area contributed by atoms with Crippen molar-refractivity contribution in [1.29, 1.82) is 0 Å².